The molecule has 0 bridgehead atoms. The third kappa shape index (κ3) is 4.42. The van der Waals surface area contributed by atoms with Gasteiger partial charge in [-0.05, 0) is 42.0 Å². The lowest BCUT2D eigenvalue weighted by Gasteiger charge is -2.12. The summed E-state index contributed by atoms with van der Waals surface area (Å²) in [7, 11) is 0. The van der Waals surface area contributed by atoms with Gasteiger partial charge in [-0.2, -0.15) is 0 Å². The average molecular weight is 518 g/mol. The van der Waals surface area contributed by atoms with Crippen LogP contribution in [0, 0.1) is 5.92 Å². The molecule has 0 aliphatic heterocycles. The number of furan rings is 1. The van der Waals surface area contributed by atoms with E-state index in [1.807, 2.05) is 0 Å². The van der Waals surface area contributed by atoms with Gasteiger partial charge in [-0.3, -0.25) is 9.59 Å². The molecule has 3 N–H and O–H groups in total. The first-order chi connectivity index (χ1) is 16.1. The minimum absolute atomic E-state index is 0.0160. The predicted molar refractivity (Wildman–Crippen MR) is 133 cm³/mol. The second kappa shape index (κ2) is 9.39. The van der Waals surface area contributed by atoms with E-state index in [0.717, 1.165) is 5.56 Å². The Kier molecular flexibility index (Phi) is 6.69. The van der Waals surface area contributed by atoms with Gasteiger partial charge >= 0.3 is 0 Å². The number of aliphatic hydroxyl groups excluding tert-OH is 1. The SMILES string of the molecule is CC(C)C(=O)c1oc2nc(-c3ccc(Cl)cc3Cl)c(-c3ccc(Cl)cc3)cc2c1C(O)C(N)=O. The molecule has 0 radical (unpaired) electrons. The molecule has 0 spiro atoms. The van der Waals surface area contributed by atoms with Gasteiger partial charge in [0.15, 0.2) is 11.9 Å². The van der Waals surface area contributed by atoms with Gasteiger partial charge < -0.3 is 15.3 Å². The number of amides is 1. The van der Waals surface area contributed by atoms with Crippen LogP contribution in [0.2, 0.25) is 15.1 Å². The molecular weight excluding hydrogens is 499 g/mol. The number of nitrogens with two attached hydrogens (primary N) is 1. The molecule has 1 amide bonds. The summed E-state index contributed by atoms with van der Waals surface area (Å²) in [6, 6.07) is 13.7. The van der Waals surface area contributed by atoms with Crippen molar-refractivity contribution < 1.29 is 19.1 Å². The van der Waals surface area contributed by atoms with Crippen LogP contribution in [0.15, 0.2) is 52.9 Å². The standard InChI is InChI=1S/C25H19Cl3N2O4/c1-11(2)21(31)23-19(22(32)24(29)33)17-10-16(12-3-5-13(26)6-4-12)20(30-25(17)34-23)15-8-7-14(27)9-18(15)28/h3-11,22,32H,1-2H3,(H2,29,33). The molecule has 1 atom stereocenters. The summed E-state index contributed by atoms with van der Waals surface area (Å²) >= 11 is 18.6. The first kappa shape index (κ1) is 24.2. The molecule has 4 aromatic rings. The zero-order valence-corrected chi connectivity index (χ0v) is 20.4. The second-order valence-corrected chi connectivity index (χ2v) is 9.32. The molecule has 2 heterocycles. The number of halogens is 3. The number of aromatic nitrogens is 1. The Balaban J connectivity index is 2.10. The number of benzene rings is 2. The van der Waals surface area contributed by atoms with Crippen molar-refractivity contribution in [3.8, 4) is 22.4 Å². The zero-order chi connectivity index (χ0) is 24.7. The number of carbonyl (C=O) groups excluding carboxylic acids is 2. The van der Waals surface area contributed by atoms with Crippen LogP contribution in [0.5, 0.6) is 0 Å². The molecule has 0 saturated carbocycles. The van der Waals surface area contributed by atoms with Gasteiger partial charge in [-0.25, -0.2) is 4.98 Å². The Morgan fingerprint density at radius 3 is 2.21 bits per heavy atom. The Labute approximate surface area is 210 Å². The van der Waals surface area contributed by atoms with Gasteiger partial charge in [0.1, 0.15) is 0 Å². The van der Waals surface area contributed by atoms with E-state index in [2.05, 4.69) is 4.98 Å². The maximum Gasteiger partial charge on any atom is 0.251 e. The number of ketones is 1. The third-order valence-electron chi connectivity index (χ3n) is 5.35. The number of aliphatic hydroxyl groups is 1. The normalized spacial score (nSPS) is 12.3. The maximum absolute atomic E-state index is 12.9. The van der Waals surface area contributed by atoms with Crippen LogP contribution < -0.4 is 5.73 Å². The maximum atomic E-state index is 12.9. The summed E-state index contributed by atoms with van der Waals surface area (Å²) in [5.74, 6) is -2.03. The number of primary amides is 1. The van der Waals surface area contributed by atoms with Gasteiger partial charge in [0.05, 0.1) is 10.7 Å². The molecule has 2 aromatic carbocycles. The van der Waals surface area contributed by atoms with Gasteiger partial charge in [-0.15, -0.1) is 0 Å². The molecule has 0 aliphatic carbocycles. The van der Waals surface area contributed by atoms with E-state index in [4.69, 9.17) is 45.0 Å². The van der Waals surface area contributed by atoms with Crippen molar-refractivity contribution >= 4 is 57.6 Å². The third-order valence-corrected chi connectivity index (χ3v) is 6.15. The summed E-state index contributed by atoms with van der Waals surface area (Å²) in [5, 5.41) is 12.2. The lowest BCUT2D eigenvalue weighted by Crippen LogP contribution is -2.23. The summed E-state index contributed by atoms with van der Waals surface area (Å²) in [4.78, 5) is 29.4. The molecule has 4 rings (SSSR count). The summed E-state index contributed by atoms with van der Waals surface area (Å²) in [6.45, 7) is 3.36. The monoisotopic (exact) mass is 516 g/mol. The number of pyridine rings is 1. The molecule has 1 unspecified atom stereocenters. The first-order valence-corrected chi connectivity index (χ1v) is 11.4. The molecule has 2 aromatic heterocycles. The van der Waals surface area contributed by atoms with E-state index in [9.17, 15) is 14.7 Å². The molecule has 6 nitrogen and oxygen atoms in total. The summed E-state index contributed by atoms with van der Waals surface area (Å²) in [6.07, 6.45) is -1.76. The zero-order valence-electron chi connectivity index (χ0n) is 18.1. The van der Waals surface area contributed by atoms with Crippen LogP contribution in [0.25, 0.3) is 33.5 Å². The molecule has 0 saturated heterocycles. The fourth-order valence-electron chi connectivity index (χ4n) is 3.64. The van der Waals surface area contributed by atoms with Crippen molar-refractivity contribution in [1.82, 2.24) is 4.98 Å². The Morgan fingerprint density at radius 2 is 1.62 bits per heavy atom. The highest BCUT2D eigenvalue weighted by Gasteiger charge is 2.31. The fraction of sp³-hybridized carbons (Fsp3) is 0.160. The van der Waals surface area contributed by atoms with E-state index in [1.165, 1.54) is 0 Å². The second-order valence-electron chi connectivity index (χ2n) is 8.04. The highest BCUT2D eigenvalue weighted by Crippen LogP contribution is 2.41. The van der Waals surface area contributed by atoms with Crippen LogP contribution in [0.3, 0.4) is 0 Å². The molecule has 9 heteroatoms. The molecule has 0 fully saturated rings. The van der Waals surface area contributed by atoms with Crippen LogP contribution in [0.4, 0.5) is 0 Å². The smallest absolute Gasteiger partial charge is 0.251 e. The number of nitrogens with zero attached hydrogens (tertiary/aromatic N) is 1. The van der Waals surface area contributed by atoms with Crippen molar-refractivity contribution in [2.24, 2.45) is 11.7 Å². The van der Waals surface area contributed by atoms with Crippen LogP contribution in [0.1, 0.15) is 36.1 Å². The summed E-state index contributed by atoms with van der Waals surface area (Å²) < 4.78 is 5.81. The quantitative estimate of drug-likeness (QED) is 0.285. The number of fused-ring (bicyclic) bond motifs is 1. The van der Waals surface area contributed by atoms with E-state index in [1.54, 1.807) is 62.4 Å². The highest BCUT2D eigenvalue weighted by molar-refractivity contribution is 6.36. The van der Waals surface area contributed by atoms with Gasteiger partial charge in [0.2, 0.25) is 11.5 Å². The Hall–Kier alpha value is -2.90. The predicted octanol–water partition coefficient (Wildman–Crippen LogP) is 6.48. The Morgan fingerprint density at radius 1 is 0.971 bits per heavy atom. The molecule has 0 aliphatic rings. The largest absolute Gasteiger partial charge is 0.434 e. The van der Waals surface area contributed by atoms with E-state index >= 15 is 0 Å². The molecule has 174 valence electrons. The van der Waals surface area contributed by atoms with E-state index < -0.39 is 23.7 Å². The highest BCUT2D eigenvalue weighted by atomic mass is 35.5. The topological polar surface area (TPSA) is 106 Å². The molecule has 34 heavy (non-hydrogen) atoms. The number of Topliss-reactive ketones (excluding diaryl/α,β-unsaturated/α-hetero) is 1. The van der Waals surface area contributed by atoms with Gasteiger partial charge in [0, 0.05) is 38.0 Å². The number of rotatable bonds is 6. The van der Waals surface area contributed by atoms with Gasteiger partial charge in [-0.1, -0.05) is 60.8 Å². The average Bonchev–Trinajstić information content (AvgIpc) is 3.15. The van der Waals surface area contributed by atoms with Crippen molar-refractivity contribution in [2.75, 3.05) is 0 Å². The number of hydrogen-bond donors (Lipinski definition) is 2. The number of hydrogen-bond acceptors (Lipinski definition) is 5. The summed E-state index contributed by atoms with van der Waals surface area (Å²) in [5.41, 5.74) is 7.78. The Bertz CT molecular complexity index is 1430. The first-order valence-electron chi connectivity index (χ1n) is 10.3. The van der Waals surface area contributed by atoms with Crippen LogP contribution in [-0.2, 0) is 4.79 Å². The van der Waals surface area contributed by atoms with Crippen molar-refractivity contribution in [3.05, 3.63) is 74.9 Å². The minimum atomic E-state index is -1.76. The van der Waals surface area contributed by atoms with E-state index in [0.29, 0.717) is 31.9 Å². The minimum Gasteiger partial charge on any atom is -0.434 e. The van der Waals surface area contributed by atoms with Crippen molar-refractivity contribution in [1.29, 1.82) is 0 Å². The lowest BCUT2D eigenvalue weighted by atomic mass is 9.95. The van der Waals surface area contributed by atoms with Crippen LogP contribution in [-0.4, -0.2) is 21.8 Å². The van der Waals surface area contributed by atoms with E-state index in [-0.39, 0.29) is 22.4 Å². The lowest BCUT2D eigenvalue weighted by molar-refractivity contribution is -0.126. The van der Waals surface area contributed by atoms with Crippen molar-refractivity contribution in [2.45, 2.75) is 20.0 Å². The van der Waals surface area contributed by atoms with Gasteiger partial charge in [0.25, 0.3) is 5.91 Å². The fourth-order valence-corrected chi connectivity index (χ4v) is 4.26. The van der Waals surface area contributed by atoms with Crippen molar-refractivity contribution in [3.63, 3.8) is 0 Å². The molecular formula is C25H19Cl3N2O4. The number of carbonyl (C=O) groups is 2. The van der Waals surface area contributed by atoms with Crippen LogP contribution >= 0.6 is 34.8 Å².